The number of hydrogen-bond donors (Lipinski definition) is 0. The van der Waals surface area contributed by atoms with Crippen molar-refractivity contribution in [1.29, 1.82) is 0 Å². The van der Waals surface area contributed by atoms with Crippen LogP contribution in [0.15, 0.2) is 42.5 Å². The van der Waals surface area contributed by atoms with Crippen LogP contribution in [0.2, 0.25) is 0 Å². The van der Waals surface area contributed by atoms with E-state index in [1.165, 1.54) is 81.8 Å². The van der Waals surface area contributed by atoms with Gasteiger partial charge in [-0.3, -0.25) is 0 Å². The maximum atomic E-state index is 15.1. The van der Waals surface area contributed by atoms with E-state index in [9.17, 15) is 0 Å². The smallest absolute Gasteiger partial charge is 0.131 e. The van der Waals surface area contributed by atoms with Gasteiger partial charge in [-0.2, -0.15) is 0 Å². The molecule has 1 heteroatoms. The van der Waals surface area contributed by atoms with Gasteiger partial charge < -0.3 is 0 Å². The molecule has 32 heavy (non-hydrogen) atoms. The fourth-order valence-corrected chi connectivity index (χ4v) is 6.74. The molecule has 2 aromatic rings. The van der Waals surface area contributed by atoms with Gasteiger partial charge in [0.1, 0.15) is 5.82 Å². The third kappa shape index (κ3) is 5.29. The second kappa shape index (κ2) is 11.0. The summed E-state index contributed by atoms with van der Waals surface area (Å²) in [7, 11) is 0. The van der Waals surface area contributed by atoms with Crippen LogP contribution >= 0.6 is 0 Å². The average Bonchev–Trinajstić information content (AvgIpc) is 2.85. The van der Waals surface area contributed by atoms with Crippen molar-refractivity contribution in [3.05, 3.63) is 59.4 Å². The van der Waals surface area contributed by atoms with Gasteiger partial charge in [0.05, 0.1) is 0 Å². The van der Waals surface area contributed by atoms with Gasteiger partial charge in [0, 0.05) is 5.56 Å². The summed E-state index contributed by atoms with van der Waals surface area (Å²) in [5, 5.41) is 0. The number of rotatable bonds is 7. The van der Waals surface area contributed by atoms with Crippen LogP contribution in [0.4, 0.5) is 4.39 Å². The third-order valence-electron chi connectivity index (χ3n) is 9.07. The molecule has 4 rings (SSSR count). The molecule has 0 atom stereocenters. The summed E-state index contributed by atoms with van der Waals surface area (Å²) in [4.78, 5) is 0. The lowest BCUT2D eigenvalue weighted by atomic mass is 9.72. The fraction of sp³-hybridized carbons (Fsp3) is 0.613. The summed E-state index contributed by atoms with van der Waals surface area (Å²) >= 11 is 0. The normalized spacial score (nSPS) is 26.4. The predicted octanol–water partition coefficient (Wildman–Crippen LogP) is 9.89. The molecule has 2 aliphatic rings. The highest BCUT2D eigenvalue weighted by Crippen LogP contribution is 2.41. The molecule has 0 unspecified atom stereocenters. The first-order valence-corrected chi connectivity index (χ1v) is 13.5. The Morgan fingerprint density at radius 3 is 1.84 bits per heavy atom. The van der Waals surface area contributed by atoms with Crippen LogP contribution in [-0.4, -0.2) is 0 Å². The monoisotopic (exact) mass is 434 g/mol. The van der Waals surface area contributed by atoms with E-state index in [0.717, 1.165) is 28.9 Å². The summed E-state index contributed by atoms with van der Waals surface area (Å²) < 4.78 is 15.1. The lowest BCUT2D eigenvalue weighted by Crippen LogP contribution is -2.20. The van der Waals surface area contributed by atoms with E-state index in [1.807, 2.05) is 12.1 Å². The molecule has 0 aromatic heterocycles. The Hall–Kier alpha value is -1.63. The first kappa shape index (κ1) is 23.5. The third-order valence-corrected chi connectivity index (χ3v) is 9.07. The standard InChI is InChI=1S/C31H43F/c1-4-22-7-9-27(10-8-22)29-19-20-30(31(32)21-29)28-17-15-26(16-18-28)25-13-11-24(12-14-25)23(5-2)6-3/h15-25,27H,4-14H2,1-3H3. The lowest BCUT2D eigenvalue weighted by molar-refractivity contribution is 0.221. The molecular formula is C31H43F. The molecule has 0 aliphatic heterocycles. The van der Waals surface area contributed by atoms with Crippen molar-refractivity contribution in [3.8, 4) is 11.1 Å². The van der Waals surface area contributed by atoms with E-state index in [1.54, 1.807) is 0 Å². The van der Waals surface area contributed by atoms with Crippen molar-refractivity contribution < 1.29 is 4.39 Å². The zero-order valence-corrected chi connectivity index (χ0v) is 20.6. The van der Waals surface area contributed by atoms with Crippen LogP contribution in [0.1, 0.15) is 114 Å². The molecule has 0 bridgehead atoms. The van der Waals surface area contributed by atoms with Gasteiger partial charge in [0.15, 0.2) is 0 Å². The van der Waals surface area contributed by atoms with Gasteiger partial charge in [0.2, 0.25) is 0 Å². The molecule has 2 aromatic carbocycles. The summed E-state index contributed by atoms with van der Waals surface area (Å²) in [5.74, 6) is 3.87. The molecule has 0 nitrogen and oxygen atoms in total. The van der Waals surface area contributed by atoms with E-state index in [2.05, 4.69) is 51.1 Å². The Balaban J connectivity index is 1.39. The Labute approximate surface area is 196 Å². The minimum Gasteiger partial charge on any atom is -0.206 e. The van der Waals surface area contributed by atoms with Crippen molar-refractivity contribution in [2.24, 2.45) is 17.8 Å². The summed E-state index contributed by atoms with van der Waals surface area (Å²) in [6, 6.07) is 14.8. The highest BCUT2D eigenvalue weighted by Gasteiger charge is 2.27. The number of halogens is 1. The maximum absolute atomic E-state index is 15.1. The molecule has 0 heterocycles. The molecule has 0 amide bonds. The van der Waals surface area contributed by atoms with Crippen molar-refractivity contribution in [2.45, 2.75) is 103 Å². The van der Waals surface area contributed by atoms with Crippen molar-refractivity contribution in [2.75, 3.05) is 0 Å². The van der Waals surface area contributed by atoms with Crippen molar-refractivity contribution in [3.63, 3.8) is 0 Å². The predicted molar refractivity (Wildman–Crippen MR) is 136 cm³/mol. The molecule has 2 fully saturated rings. The van der Waals surface area contributed by atoms with Crippen LogP contribution in [0, 0.1) is 23.6 Å². The summed E-state index contributed by atoms with van der Waals surface area (Å²) in [6.07, 6.45) is 14.3. The van der Waals surface area contributed by atoms with Gasteiger partial charge in [-0.25, -0.2) is 4.39 Å². The molecule has 0 N–H and O–H groups in total. The van der Waals surface area contributed by atoms with Gasteiger partial charge in [-0.05, 0) is 104 Å². The lowest BCUT2D eigenvalue weighted by Gasteiger charge is -2.33. The highest BCUT2D eigenvalue weighted by molar-refractivity contribution is 5.65. The summed E-state index contributed by atoms with van der Waals surface area (Å²) in [6.45, 7) is 6.99. The summed E-state index contributed by atoms with van der Waals surface area (Å²) in [5.41, 5.74) is 4.41. The second-order valence-electron chi connectivity index (χ2n) is 10.7. The van der Waals surface area contributed by atoms with E-state index in [0.29, 0.717) is 11.8 Å². The zero-order valence-electron chi connectivity index (χ0n) is 20.6. The van der Waals surface area contributed by atoms with Gasteiger partial charge in [-0.15, -0.1) is 0 Å². The zero-order chi connectivity index (χ0) is 22.5. The minimum absolute atomic E-state index is 0.0569. The molecular weight excluding hydrogens is 391 g/mol. The minimum atomic E-state index is -0.0569. The largest absolute Gasteiger partial charge is 0.206 e. The first-order chi connectivity index (χ1) is 15.6. The maximum Gasteiger partial charge on any atom is 0.131 e. The van der Waals surface area contributed by atoms with Crippen molar-refractivity contribution >= 4 is 0 Å². The van der Waals surface area contributed by atoms with Crippen LogP contribution < -0.4 is 0 Å². The topological polar surface area (TPSA) is 0 Å². The fourth-order valence-electron chi connectivity index (χ4n) is 6.74. The number of benzene rings is 2. The quantitative estimate of drug-likeness (QED) is 0.406. The highest BCUT2D eigenvalue weighted by atomic mass is 19.1. The van der Waals surface area contributed by atoms with Gasteiger partial charge in [0.25, 0.3) is 0 Å². The molecule has 0 spiro atoms. The molecule has 0 saturated heterocycles. The van der Waals surface area contributed by atoms with Crippen LogP contribution in [-0.2, 0) is 0 Å². The van der Waals surface area contributed by atoms with E-state index in [-0.39, 0.29) is 5.82 Å². The Bertz CT molecular complexity index is 831. The van der Waals surface area contributed by atoms with Gasteiger partial charge >= 0.3 is 0 Å². The average molecular weight is 435 g/mol. The van der Waals surface area contributed by atoms with Crippen LogP contribution in [0.5, 0.6) is 0 Å². The van der Waals surface area contributed by atoms with Crippen molar-refractivity contribution in [1.82, 2.24) is 0 Å². The molecule has 174 valence electrons. The Morgan fingerprint density at radius 2 is 1.28 bits per heavy atom. The molecule has 2 aliphatic carbocycles. The Morgan fingerprint density at radius 1 is 0.719 bits per heavy atom. The molecule has 0 radical (unpaired) electrons. The van der Waals surface area contributed by atoms with E-state index in [4.69, 9.17) is 0 Å². The SMILES string of the molecule is CCC1CCC(c2ccc(-c3ccc(C4CCC(C(CC)CC)CC4)cc3)c(F)c2)CC1. The number of hydrogen-bond acceptors (Lipinski definition) is 0. The van der Waals surface area contributed by atoms with Gasteiger partial charge in [-0.1, -0.05) is 76.4 Å². The Kier molecular flexibility index (Phi) is 8.08. The van der Waals surface area contributed by atoms with Crippen LogP contribution in [0.3, 0.4) is 0 Å². The molecule has 2 saturated carbocycles. The second-order valence-corrected chi connectivity index (χ2v) is 10.7. The first-order valence-electron chi connectivity index (χ1n) is 13.5. The van der Waals surface area contributed by atoms with Crippen LogP contribution in [0.25, 0.3) is 11.1 Å². The van der Waals surface area contributed by atoms with E-state index < -0.39 is 0 Å². The van der Waals surface area contributed by atoms with E-state index >= 15 is 4.39 Å².